The molecule has 1 aliphatic heterocycles. The van der Waals surface area contributed by atoms with Crippen LogP contribution in [0.5, 0.6) is 0 Å². The number of pyridine rings is 1. The molecule has 3 aromatic rings. The predicted octanol–water partition coefficient (Wildman–Crippen LogP) is 3.41. The monoisotopic (exact) mass is 473 g/mol. The van der Waals surface area contributed by atoms with Crippen molar-refractivity contribution in [2.24, 2.45) is 0 Å². The first-order valence-electron chi connectivity index (χ1n) is 11.2. The number of carboxylic acids is 1. The van der Waals surface area contributed by atoms with E-state index in [-0.39, 0.29) is 30.5 Å². The molecule has 178 valence electrons. The fourth-order valence-electron chi connectivity index (χ4n) is 4.65. The maximum absolute atomic E-state index is 12.8. The van der Waals surface area contributed by atoms with E-state index in [4.69, 9.17) is 9.47 Å². The number of fused-ring (bicyclic) bond motifs is 3. The number of carboxylic acid groups (broad SMARTS) is 1. The summed E-state index contributed by atoms with van der Waals surface area (Å²) in [5.74, 6) is -1.85. The van der Waals surface area contributed by atoms with Crippen LogP contribution < -0.4 is 10.6 Å². The standard InChI is InChI=1S/C26H23N3O6/c30-24(28-21-11-13-34-23(21)25(31)32)22-20(10-5-12-27-22)29-26(33)35-14-19-17-8-3-1-6-15(17)16-7-2-4-9-18(16)19/h1-10,12,19,21,23H,11,13-14H2,(H,28,30)(H,29,33)(H,31,32)/t21-,23+/m1/s1. The Morgan fingerprint density at radius 2 is 1.69 bits per heavy atom. The van der Waals surface area contributed by atoms with Crippen molar-refractivity contribution < 1.29 is 29.0 Å². The molecule has 0 radical (unpaired) electrons. The lowest BCUT2D eigenvalue weighted by molar-refractivity contribution is -0.148. The van der Waals surface area contributed by atoms with Crippen molar-refractivity contribution in [2.75, 3.05) is 18.5 Å². The molecule has 2 amide bonds. The van der Waals surface area contributed by atoms with E-state index in [9.17, 15) is 19.5 Å². The molecule has 35 heavy (non-hydrogen) atoms. The third-order valence-electron chi connectivity index (χ3n) is 6.25. The van der Waals surface area contributed by atoms with Gasteiger partial charge in [-0.25, -0.2) is 14.6 Å². The third kappa shape index (κ3) is 4.45. The number of benzene rings is 2. The highest BCUT2D eigenvalue weighted by atomic mass is 16.5. The minimum Gasteiger partial charge on any atom is -0.479 e. The summed E-state index contributed by atoms with van der Waals surface area (Å²) in [6, 6.07) is 18.5. The summed E-state index contributed by atoms with van der Waals surface area (Å²) in [6.07, 6.45) is -0.0646. The average molecular weight is 473 g/mol. The van der Waals surface area contributed by atoms with Crippen LogP contribution >= 0.6 is 0 Å². The van der Waals surface area contributed by atoms with Gasteiger partial charge < -0.3 is 19.9 Å². The molecule has 0 saturated carbocycles. The molecule has 2 heterocycles. The number of hydrogen-bond acceptors (Lipinski definition) is 6. The van der Waals surface area contributed by atoms with Crippen molar-refractivity contribution >= 4 is 23.7 Å². The maximum Gasteiger partial charge on any atom is 0.411 e. The predicted molar refractivity (Wildman–Crippen MR) is 126 cm³/mol. The van der Waals surface area contributed by atoms with Gasteiger partial charge in [-0.05, 0) is 40.8 Å². The third-order valence-corrected chi connectivity index (χ3v) is 6.25. The molecular weight excluding hydrogens is 450 g/mol. The van der Waals surface area contributed by atoms with Crippen LogP contribution in [0.3, 0.4) is 0 Å². The number of aliphatic carboxylic acids is 1. The van der Waals surface area contributed by atoms with Crippen LogP contribution in [0.15, 0.2) is 66.9 Å². The first kappa shape index (κ1) is 22.5. The molecular formula is C26H23N3O6. The van der Waals surface area contributed by atoms with E-state index in [0.29, 0.717) is 6.42 Å². The SMILES string of the molecule is O=C(Nc1cccnc1C(=O)N[C@@H]1CCO[C@@H]1C(=O)O)OCC1c2ccccc2-c2ccccc21. The Bertz CT molecular complexity index is 1250. The molecule has 1 aliphatic carbocycles. The fraction of sp³-hybridized carbons (Fsp3) is 0.231. The summed E-state index contributed by atoms with van der Waals surface area (Å²) < 4.78 is 10.7. The summed E-state index contributed by atoms with van der Waals surface area (Å²) in [7, 11) is 0. The van der Waals surface area contributed by atoms with Crippen LogP contribution in [0.4, 0.5) is 10.5 Å². The zero-order chi connectivity index (χ0) is 24.4. The number of ether oxygens (including phenoxy) is 2. The lowest BCUT2D eigenvalue weighted by Gasteiger charge is -2.18. The van der Waals surface area contributed by atoms with Crippen LogP contribution in [0, 0.1) is 0 Å². The van der Waals surface area contributed by atoms with Gasteiger partial charge >= 0.3 is 12.1 Å². The van der Waals surface area contributed by atoms with Gasteiger partial charge in [0.15, 0.2) is 11.8 Å². The Kier molecular flexibility index (Phi) is 6.15. The smallest absolute Gasteiger partial charge is 0.411 e. The molecule has 9 nitrogen and oxygen atoms in total. The molecule has 1 aromatic heterocycles. The van der Waals surface area contributed by atoms with Crippen LogP contribution in [0.1, 0.15) is 34.0 Å². The average Bonchev–Trinajstić information content (AvgIpc) is 3.46. The van der Waals surface area contributed by atoms with Gasteiger partial charge in [0.05, 0.1) is 11.7 Å². The number of rotatable bonds is 6. The second kappa shape index (κ2) is 9.55. The van der Waals surface area contributed by atoms with E-state index in [1.807, 2.05) is 36.4 Å². The number of hydrogen-bond donors (Lipinski definition) is 3. The Balaban J connectivity index is 1.26. The van der Waals surface area contributed by atoms with Crippen molar-refractivity contribution in [1.29, 1.82) is 0 Å². The number of carbonyl (C=O) groups is 3. The molecule has 5 rings (SSSR count). The number of anilines is 1. The fourth-order valence-corrected chi connectivity index (χ4v) is 4.65. The molecule has 2 aromatic carbocycles. The van der Waals surface area contributed by atoms with Crippen LogP contribution in [0.25, 0.3) is 11.1 Å². The Morgan fingerprint density at radius 1 is 1.00 bits per heavy atom. The molecule has 9 heteroatoms. The summed E-state index contributed by atoms with van der Waals surface area (Å²) in [6.45, 7) is 0.357. The van der Waals surface area contributed by atoms with Gasteiger partial charge in [0.2, 0.25) is 0 Å². The lowest BCUT2D eigenvalue weighted by atomic mass is 9.98. The second-order valence-electron chi connectivity index (χ2n) is 8.35. The quantitative estimate of drug-likeness (QED) is 0.501. The van der Waals surface area contributed by atoms with Crippen LogP contribution in [-0.2, 0) is 14.3 Å². The van der Waals surface area contributed by atoms with E-state index in [1.165, 1.54) is 12.3 Å². The van der Waals surface area contributed by atoms with E-state index in [2.05, 4.69) is 27.8 Å². The van der Waals surface area contributed by atoms with Crippen molar-refractivity contribution in [3.63, 3.8) is 0 Å². The van der Waals surface area contributed by atoms with Gasteiger partial charge in [-0.3, -0.25) is 10.1 Å². The van der Waals surface area contributed by atoms with Gasteiger partial charge in [0.1, 0.15) is 6.61 Å². The second-order valence-corrected chi connectivity index (χ2v) is 8.35. The zero-order valence-electron chi connectivity index (χ0n) is 18.6. The number of aromatic nitrogens is 1. The summed E-state index contributed by atoms with van der Waals surface area (Å²) in [5, 5.41) is 14.5. The summed E-state index contributed by atoms with van der Waals surface area (Å²) >= 11 is 0. The highest BCUT2D eigenvalue weighted by Crippen LogP contribution is 2.44. The Hall–Kier alpha value is -4.24. The molecule has 1 saturated heterocycles. The first-order valence-corrected chi connectivity index (χ1v) is 11.2. The van der Waals surface area contributed by atoms with E-state index in [0.717, 1.165) is 22.3 Å². The molecule has 2 atom stereocenters. The van der Waals surface area contributed by atoms with Crippen molar-refractivity contribution in [3.05, 3.63) is 83.7 Å². The van der Waals surface area contributed by atoms with Crippen molar-refractivity contribution in [2.45, 2.75) is 24.5 Å². The molecule has 1 fully saturated rings. The van der Waals surface area contributed by atoms with Gasteiger partial charge in [-0.2, -0.15) is 0 Å². The Morgan fingerprint density at radius 3 is 2.37 bits per heavy atom. The topological polar surface area (TPSA) is 127 Å². The van der Waals surface area contributed by atoms with Crippen LogP contribution in [0.2, 0.25) is 0 Å². The number of nitrogens with zero attached hydrogens (tertiary/aromatic N) is 1. The van der Waals surface area contributed by atoms with Crippen LogP contribution in [-0.4, -0.2) is 53.4 Å². The minimum absolute atomic E-state index is 0.0444. The summed E-state index contributed by atoms with van der Waals surface area (Å²) in [5.41, 5.74) is 4.55. The number of carbonyl (C=O) groups excluding carboxylic acids is 2. The molecule has 0 unspecified atom stereocenters. The summed E-state index contributed by atoms with van der Waals surface area (Å²) in [4.78, 5) is 40.8. The first-order chi connectivity index (χ1) is 17.0. The highest BCUT2D eigenvalue weighted by molar-refractivity contribution is 6.01. The lowest BCUT2D eigenvalue weighted by Crippen LogP contribution is -2.44. The van der Waals surface area contributed by atoms with E-state index in [1.54, 1.807) is 6.07 Å². The van der Waals surface area contributed by atoms with Gasteiger partial charge in [0, 0.05) is 18.7 Å². The highest BCUT2D eigenvalue weighted by Gasteiger charge is 2.36. The number of nitrogens with one attached hydrogen (secondary N) is 2. The molecule has 3 N–H and O–H groups in total. The van der Waals surface area contributed by atoms with Crippen molar-refractivity contribution in [3.8, 4) is 11.1 Å². The van der Waals surface area contributed by atoms with Gasteiger partial charge in [-0.1, -0.05) is 48.5 Å². The van der Waals surface area contributed by atoms with E-state index >= 15 is 0 Å². The maximum atomic E-state index is 12.8. The number of amides is 2. The largest absolute Gasteiger partial charge is 0.479 e. The zero-order valence-corrected chi connectivity index (χ0v) is 18.6. The normalized spacial score (nSPS) is 18.4. The van der Waals surface area contributed by atoms with Gasteiger partial charge in [-0.15, -0.1) is 0 Å². The van der Waals surface area contributed by atoms with Crippen molar-refractivity contribution in [1.82, 2.24) is 10.3 Å². The van der Waals surface area contributed by atoms with E-state index < -0.39 is 30.1 Å². The molecule has 0 spiro atoms. The Labute approximate surface area is 201 Å². The minimum atomic E-state index is -1.15. The van der Waals surface area contributed by atoms with Gasteiger partial charge in [0.25, 0.3) is 5.91 Å². The molecule has 2 aliphatic rings. The molecule has 0 bridgehead atoms.